The van der Waals surface area contributed by atoms with E-state index in [4.69, 9.17) is 0 Å². The van der Waals surface area contributed by atoms with Crippen molar-refractivity contribution in [3.8, 4) is 0 Å². The maximum absolute atomic E-state index is 13.9. The fraction of sp³-hybridized carbons (Fsp3) is 0.467. The number of amides is 2. The van der Waals surface area contributed by atoms with Gasteiger partial charge in [-0.1, -0.05) is 50.3 Å². The van der Waals surface area contributed by atoms with Crippen LogP contribution in [-0.2, 0) is 18.3 Å². The molecule has 1 N–H and O–H groups in total. The third-order valence-corrected chi connectivity index (χ3v) is 7.42. The smallest absolute Gasteiger partial charge is 0.254 e. The normalized spacial score (nSPS) is 20.9. The lowest BCUT2D eigenvalue weighted by atomic mass is 9.78. The van der Waals surface area contributed by atoms with Gasteiger partial charge >= 0.3 is 0 Å². The summed E-state index contributed by atoms with van der Waals surface area (Å²) in [5.41, 5.74) is 4.87. The Labute approximate surface area is 215 Å². The van der Waals surface area contributed by atoms with E-state index in [0.29, 0.717) is 12.1 Å². The molecule has 2 amide bonds. The van der Waals surface area contributed by atoms with Gasteiger partial charge < -0.3 is 19.7 Å². The third kappa shape index (κ3) is 5.19. The molecule has 0 radical (unpaired) electrons. The number of likely N-dealkylation sites (N-methyl/N-ethyl adjacent to an activating group) is 1. The van der Waals surface area contributed by atoms with Crippen LogP contribution in [-0.4, -0.2) is 59.4 Å². The van der Waals surface area contributed by atoms with Crippen LogP contribution in [0.4, 0.5) is 0 Å². The number of hydrogen-bond donors (Lipinski definition) is 1. The zero-order chi connectivity index (χ0) is 25.7. The summed E-state index contributed by atoms with van der Waals surface area (Å²) >= 11 is 0. The number of aromatic nitrogens is 1. The van der Waals surface area contributed by atoms with E-state index in [0.717, 1.165) is 62.1 Å². The summed E-state index contributed by atoms with van der Waals surface area (Å²) in [6, 6.07) is 7.25. The Balaban J connectivity index is 1.70. The second-order valence-electron chi connectivity index (χ2n) is 9.94. The zero-order valence-corrected chi connectivity index (χ0v) is 22.2. The van der Waals surface area contributed by atoms with Crippen molar-refractivity contribution in [3.05, 3.63) is 76.6 Å². The minimum atomic E-state index is -0.467. The monoisotopic (exact) mass is 488 g/mol. The molecule has 2 aromatic rings. The minimum Gasteiger partial charge on any atom is -0.354 e. The first kappa shape index (κ1) is 26.0. The molecule has 0 fully saturated rings. The van der Waals surface area contributed by atoms with Crippen LogP contribution in [0.1, 0.15) is 77.8 Å². The van der Waals surface area contributed by atoms with E-state index in [1.807, 2.05) is 38.4 Å². The van der Waals surface area contributed by atoms with Crippen LogP contribution < -0.4 is 5.32 Å². The van der Waals surface area contributed by atoms with E-state index in [9.17, 15) is 9.59 Å². The summed E-state index contributed by atoms with van der Waals surface area (Å²) in [7, 11) is 3.88. The Hall–Kier alpha value is -3.12. The number of carbonyl (C=O) groups is 2. The number of hydrogen-bond acceptors (Lipinski definition) is 3. The highest BCUT2D eigenvalue weighted by Crippen LogP contribution is 2.44. The van der Waals surface area contributed by atoms with Gasteiger partial charge in [0, 0.05) is 44.6 Å². The number of aryl methyl sites for hydroxylation is 1. The van der Waals surface area contributed by atoms with Crippen molar-refractivity contribution < 1.29 is 9.59 Å². The topological polar surface area (TPSA) is 57.6 Å². The van der Waals surface area contributed by atoms with Gasteiger partial charge in [0.25, 0.3) is 5.91 Å². The molecule has 2 atom stereocenters. The summed E-state index contributed by atoms with van der Waals surface area (Å²) in [6.45, 7) is 7.88. The second kappa shape index (κ2) is 11.7. The van der Waals surface area contributed by atoms with Crippen molar-refractivity contribution in [2.75, 3.05) is 33.2 Å². The van der Waals surface area contributed by atoms with Crippen molar-refractivity contribution in [2.45, 2.75) is 51.5 Å². The molecule has 4 rings (SSSR count). The molecule has 6 nitrogen and oxygen atoms in total. The lowest BCUT2D eigenvalue weighted by Crippen LogP contribution is -2.47. The SMILES string of the molecule is CCCN(CCC)CCNC(=O)C1c2ccccc2C(=O)N(C)C1c1cn(C)c2c1CC/C=C\C=C/2. The lowest BCUT2D eigenvalue weighted by Gasteiger charge is -2.40. The highest BCUT2D eigenvalue weighted by atomic mass is 16.2. The lowest BCUT2D eigenvalue weighted by molar-refractivity contribution is -0.124. The van der Waals surface area contributed by atoms with E-state index >= 15 is 0 Å². The fourth-order valence-electron chi connectivity index (χ4n) is 5.77. The first-order chi connectivity index (χ1) is 17.5. The standard InChI is InChI=1S/C30H40N4O2/c1-5-18-34(19-6-2)20-17-31-29(35)27-23-14-11-12-15-24(23)30(36)33(4)28(27)25-21-32(3)26-16-10-8-7-9-13-22(25)26/h7-8,10-12,14-16,21,27-28H,5-6,9,13,17-20H2,1-4H3,(H,31,35)/b8-7-,16-10-. The van der Waals surface area contributed by atoms with Crippen LogP contribution in [0.25, 0.3) is 6.08 Å². The van der Waals surface area contributed by atoms with Crippen molar-refractivity contribution in [2.24, 2.45) is 7.05 Å². The molecule has 1 aliphatic heterocycles. The highest BCUT2D eigenvalue weighted by Gasteiger charge is 2.44. The van der Waals surface area contributed by atoms with Gasteiger partial charge in [-0.25, -0.2) is 0 Å². The number of allylic oxidation sites excluding steroid dienone is 3. The maximum atomic E-state index is 13.9. The largest absolute Gasteiger partial charge is 0.354 e. The van der Waals surface area contributed by atoms with Gasteiger partial charge in [0.1, 0.15) is 0 Å². The molecule has 2 aliphatic rings. The predicted molar refractivity (Wildman–Crippen MR) is 146 cm³/mol. The zero-order valence-electron chi connectivity index (χ0n) is 22.2. The summed E-state index contributed by atoms with van der Waals surface area (Å²) in [5.74, 6) is -0.514. The summed E-state index contributed by atoms with van der Waals surface area (Å²) in [5, 5.41) is 3.23. The van der Waals surface area contributed by atoms with Gasteiger partial charge in [-0.15, -0.1) is 0 Å². The van der Waals surface area contributed by atoms with Crippen LogP contribution in [0, 0.1) is 0 Å². The average Bonchev–Trinajstić information content (AvgIpc) is 3.14. The molecule has 6 heteroatoms. The molecule has 0 saturated carbocycles. The first-order valence-electron chi connectivity index (χ1n) is 13.3. The summed E-state index contributed by atoms with van der Waals surface area (Å²) in [4.78, 5) is 31.5. The molecule has 0 bridgehead atoms. The van der Waals surface area contributed by atoms with Gasteiger partial charge in [-0.3, -0.25) is 9.59 Å². The summed E-state index contributed by atoms with van der Waals surface area (Å²) < 4.78 is 2.13. The molecule has 0 spiro atoms. The van der Waals surface area contributed by atoms with Gasteiger partial charge in [0.15, 0.2) is 0 Å². The van der Waals surface area contributed by atoms with E-state index < -0.39 is 5.92 Å². The third-order valence-electron chi connectivity index (χ3n) is 7.42. The Morgan fingerprint density at radius 2 is 1.81 bits per heavy atom. The van der Waals surface area contributed by atoms with E-state index in [1.165, 1.54) is 5.56 Å². The van der Waals surface area contributed by atoms with Gasteiger partial charge in [0.2, 0.25) is 5.91 Å². The Kier molecular flexibility index (Phi) is 8.47. The molecule has 36 heavy (non-hydrogen) atoms. The van der Waals surface area contributed by atoms with Gasteiger partial charge in [0.05, 0.1) is 12.0 Å². The molecular formula is C30H40N4O2. The van der Waals surface area contributed by atoms with Crippen molar-refractivity contribution in [1.29, 1.82) is 0 Å². The van der Waals surface area contributed by atoms with Crippen LogP contribution in [0.15, 0.2) is 48.7 Å². The fourth-order valence-corrected chi connectivity index (χ4v) is 5.77. The maximum Gasteiger partial charge on any atom is 0.254 e. The Morgan fingerprint density at radius 1 is 1.06 bits per heavy atom. The van der Waals surface area contributed by atoms with Crippen LogP contribution in [0.2, 0.25) is 0 Å². The predicted octanol–water partition coefficient (Wildman–Crippen LogP) is 4.69. The average molecular weight is 489 g/mol. The Morgan fingerprint density at radius 3 is 2.56 bits per heavy atom. The van der Waals surface area contributed by atoms with Crippen molar-refractivity contribution in [1.82, 2.24) is 19.7 Å². The van der Waals surface area contributed by atoms with Crippen molar-refractivity contribution in [3.63, 3.8) is 0 Å². The Bertz CT molecular complexity index is 1140. The molecule has 1 aliphatic carbocycles. The highest BCUT2D eigenvalue weighted by molar-refractivity contribution is 6.01. The van der Waals surface area contributed by atoms with Gasteiger partial charge in [-0.2, -0.15) is 0 Å². The molecule has 2 unspecified atom stereocenters. The number of nitrogens with zero attached hydrogens (tertiary/aromatic N) is 3. The van der Waals surface area contributed by atoms with E-state index in [1.54, 1.807) is 4.90 Å². The second-order valence-corrected chi connectivity index (χ2v) is 9.94. The number of rotatable bonds is 9. The molecular weight excluding hydrogens is 448 g/mol. The number of carbonyl (C=O) groups excluding carboxylic acids is 2. The molecule has 1 aromatic heterocycles. The van der Waals surface area contributed by atoms with Gasteiger partial charge in [-0.05, 0) is 67.6 Å². The molecule has 1 aromatic carbocycles. The molecule has 2 heterocycles. The van der Waals surface area contributed by atoms with Crippen LogP contribution in [0.5, 0.6) is 0 Å². The van der Waals surface area contributed by atoms with Crippen molar-refractivity contribution >= 4 is 17.9 Å². The van der Waals surface area contributed by atoms with Crippen LogP contribution >= 0.6 is 0 Å². The van der Waals surface area contributed by atoms with E-state index in [-0.39, 0.29) is 17.9 Å². The van der Waals surface area contributed by atoms with E-state index in [2.05, 4.69) is 59.1 Å². The first-order valence-corrected chi connectivity index (χ1v) is 13.3. The van der Waals surface area contributed by atoms with Crippen LogP contribution in [0.3, 0.4) is 0 Å². The number of benzene rings is 1. The molecule has 192 valence electrons. The minimum absolute atomic E-state index is 0.0152. The number of nitrogens with one attached hydrogen (secondary N) is 1. The summed E-state index contributed by atoms with van der Waals surface area (Å²) in [6.07, 6.45) is 14.6. The quantitative estimate of drug-likeness (QED) is 0.557. The molecule has 0 saturated heterocycles. The number of fused-ring (bicyclic) bond motifs is 2.